The number of hydrogen-bond donors (Lipinski definition) is 3. The van der Waals surface area contributed by atoms with Crippen LogP contribution in [0.2, 0.25) is 0 Å². The van der Waals surface area contributed by atoms with E-state index in [1.54, 1.807) is 29.2 Å². The molecule has 0 aliphatic carbocycles. The van der Waals surface area contributed by atoms with Crippen LogP contribution >= 0.6 is 0 Å². The number of aromatic nitrogens is 3. The molecule has 3 N–H and O–H groups in total. The van der Waals surface area contributed by atoms with Gasteiger partial charge in [-0.2, -0.15) is 5.10 Å². The molecular formula is C21H24N6O2. The Kier molecular flexibility index (Phi) is 6.57. The predicted octanol–water partition coefficient (Wildman–Crippen LogP) is 2.73. The second-order valence-electron chi connectivity index (χ2n) is 6.88. The van der Waals surface area contributed by atoms with Crippen molar-refractivity contribution < 1.29 is 9.59 Å². The van der Waals surface area contributed by atoms with Crippen molar-refractivity contribution in [3.63, 3.8) is 0 Å². The molecule has 0 saturated heterocycles. The number of amides is 3. The Morgan fingerprint density at radius 3 is 2.48 bits per heavy atom. The summed E-state index contributed by atoms with van der Waals surface area (Å²) in [5.74, 6) is 0.376. The minimum Gasteiger partial charge on any atom is -0.350 e. The number of carbonyl (C=O) groups is 2. The van der Waals surface area contributed by atoms with Gasteiger partial charge in [0.25, 0.3) is 0 Å². The number of carbonyl (C=O) groups excluding carboxylic acids is 2. The molecule has 0 saturated carbocycles. The van der Waals surface area contributed by atoms with E-state index in [2.05, 4.69) is 26.0 Å². The van der Waals surface area contributed by atoms with Crippen LogP contribution in [0.3, 0.4) is 0 Å². The summed E-state index contributed by atoms with van der Waals surface area (Å²) in [5.41, 5.74) is 1.52. The molecule has 0 aliphatic rings. The van der Waals surface area contributed by atoms with Crippen molar-refractivity contribution in [2.75, 3.05) is 5.32 Å². The summed E-state index contributed by atoms with van der Waals surface area (Å²) in [5, 5.41) is 12.5. The molecule has 29 heavy (non-hydrogen) atoms. The third-order valence-electron chi connectivity index (χ3n) is 4.28. The van der Waals surface area contributed by atoms with Crippen LogP contribution in [0.25, 0.3) is 5.82 Å². The van der Waals surface area contributed by atoms with Gasteiger partial charge >= 0.3 is 6.03 Å². The second kappa shape index (κ2) is 9.50. The van der Waals surface area contributed by atoms with Crippen LogP contribution < -0.4 is 16.0 Å². The van der Waals surface area contributed by atoms with E-state index < -0.39 is 12.1 Å². The van der Waals surface area contributed by atoms with Crippen LogP contribution in [0.5, 0.6) is 0 Å². The molecule has 150 valence electrons. The molecule has 0 fully saturated rings. The van der Waals surface area contributed by atoms with E-state index in [9.17, 15) is 9.59 Å². The molecule has 2 aromatic heterocycles. The Hall–Kier alpha value is -3.68. The number of para-hydroxylation sites is 1. The van der Waals surface area contributed by atoms with Crippen molar-refractivity contribution >= 4 is 17.6 Å². The maximum Gasteiger partial charge on any atom is 0.319 e. The highest BCUT2D eigenvalue weighted by Gasteiger charge is 2.24. The van der Waals surface area contributed by atoms with Gasteiger partial charge in [0, 0.05) is 30.8 Å². The van der Waals surface area contributed by atoms with Gasteiger partial charge in [0.05, 0.1) is 0 Å². The molecule has 1 atom stereocenters. The van der Waals surface area contributed by atoms with Crippen molar-refractivity contribution in [1.29, 1.82) is 0 Å². The lowest BCUT2D eigenvalue weighted by Gasteiger charge is -2.22. The largest absolute Gasteiger partial charge is 0.350 e. The zero-order chi connectivity index (χ0) is 20.6. The minimum absolute atomic E-state index is 0.0724. The molecule has 3 aromatic rings. The highest BCUT2D eigenvalue weighted by atomic mass is 16.2. The van der Waals surface area contributed by atoms with E-state index >= 15 is 0 Å². The molecular weight excluding hydrogens is 368 g/mol. The van der Waals surface area contributed by atoms with Crippen LogP contribution in [0, 0.1) is 5.92 Å². The predicted molar refractivity (Wildman–Crippen MR) is 110 cm³/mol. The number of rotatable bonds is 7. The van der Waals surface area contributed by atoms with Crippen LogP contribution in [0.15, 0.2) is 67.1 Å². The van der Waals surface area contributed by atoms with Gasteiger partial charge in [-0.1, -0.05) is 38.1 Å². The van der Waals surface area contributed by atoms with E-state index in [1.807, 2.05) is 56.4 Å². The third-order valence-corrected chi connectivity index (χ3v) is 4.28. The van der Waals surface area contributed by atoms with Gasteiger partial charge in [-0.25, -0.2) is 14.5 Å². The van der Waals surface area contributed by atoms with E-state index in [0.29, 0.717) is 18.1 Å². The molecule has 8 nitrogen and oxygen atoms in total. The van der Waals surface area contributed by atoms with E-state index in [4.69, 9.17) is 0 Å². The van der Waals surface area contributed by atoms with Gasteiger partial charge in [-0.05, 0) is 35.7 Å². The monoisotopic (exact) mass is 392 g/mol. The maximum absolute atomic E-state index is 12.6. The van der Waals surface area contributed by atoms with Crippen molar-refractivity contribution in [1.82, 2.24) is 25.4 Å². The summed E-state index contributed by atoms with van der Waals surface area (Å²) in [6, 6.07) is 13.5. The Morgan fingerprint density at radius 1 is 1.07 bits per heavy atom. The third kappa shape index (κ3) is 5.65. The molecule has 0 aliphatic heterocycles. The number of nitrogens with zero attached hydrogens (tertiary/aromatic N) is 3. The van der Waals surface area contributed by atoms with Gasteiger partial charge in [0.15, 0.2) is 5.82 Å². The summed E-state index contributed by atoms with van der Waals surface area (Å²) in [6.45, 7) is 4.08. The van der Waals surface area contributed by atoms with Crippen LogP contribution in [-0.2, 0) is 11.3 Å². The fraction of sp³-hybridized carbons (Fsp3) is 0.238. The molecule has 0 spiro atoms. The van der Waals surface area contributed by atoms with Crippen LogP contribution in [0.4, 0.5) is 10.5 Å². The molecule has 1 aromatic carbocycles. The highest BCUT2D eigenvalue weighted by molar-refractivity contribution is 5.93. The molecule has 2 heterocycles. The Morgan fingerprint density at radius 2 is 1.86 bits per heavy atom. The van der Waals surface area contributed by atoms with Gasteiger partial charge in [-0.15, -0.1) is 0 Å². The molecule has 0 radical (unpaired) electrons. The average molecular weight is 392 g/mol. The number of hydrogen-bond acceptors (Lipinski definition) is 4. The first-order chi connectivity index (χ1) is 14.0. The number of benzene rings is 1. The maximum atomic E-state index is 12.6. The lowest BCUT2D eigenvalue weighted by molar-refractivity contribution is -0.124. The Bertz CT molecular complexity index is 924. The summed E-state index contributed by atoms with van der Waals surface area (Å²) in [6.07, 6.45) is 5.18. The number of anilines is 1. The fourth-order valence-electron chi connectivity index (χ4n) is 2.73. The fourth-order valence-corrected chi connectivity index (χ4v) is 2.73. The Balaban J connectivity index is 1.54. The van der Waals surface area contributed by atoms with Crippen molar-refractivity contribution in [2.24, 2.45) is 5.92 Å². The Labute approximate surface area is 169 Å². The van der Waals surface area contributed by atoms with E-state index in [-0.39, 0.29) is 11.8 Å². The van der Waals surface area contributed by atoms with Gasteiger partial charge < -0.3 is 16.0 Å². The second-order valence-corrected chi connectivity index (χ2v) is 6.88. The smallest absolute Gasteiger partial charge is 0.319 e. The van der Waals surface area contributed by atoms with Gasteiger partial charge in [0.2, 0.25) is 5.91 Å². The average Bonchev–Trinajstić information content (AvgIpc) is 3.26. The normalized spacial score (nSPS) is 11.7. The highest BCUT2D eigenvalue weighted by Crippen LogP contribution is 2.08. The van der Waals surface area contributed by atoms with Crippen molar-refractivity contribution in [3.05, 3.63) is 72.7 Å². The SMILES string of the molecule is CC(C)[C@@H](NC(=O)Nc1ccccc1)C(=O)NCc1ccc(-n2cccn2)nc1. The quantitative estimate of drug-likeness (QED) is 0.575. The summed E-state index contributed by atoms with van der Waals surface area (Å²) in [7, 11) is 0. The minimum atomic E-state index is -0.657. The van der Waals surface area contributed by atoms with E-state index in [0.717, 1.165) is 5.56 Å². The summed E-state index contributed by atoms with van der Waals surface area (Å²) >= 11 is 0. The first-order valence-electron chi connectivity index (χ1n) is 9.38. The van der Waals surface area contributed by atoms with Gasteiger partial charge in [0.1, 0.15) is 6.04 Å². The number of urea groups is 1. The lowest BCUT2D eigenvalue weighted by Crippen LogP contribution is -2.50. The van der Waals surface area contributed by atoms with Crippen LogP contribution in [-0.4, -0.2) is 32.7 Å². The molecule has 8 heteroatoms. The lowest BCUT2D eigenvalue weighted by atomic mass is 10.0. The topological polar surface area (TPSA) is 101 Å². The molecule has 0 bridgehead atoms. The zero-order valence-corrected chi connectivity index (χ0v) is 16.4. The molecule has 0 unspecified atom stereocenters. The molecule has 3 rings (SSSR count). The van der Waals surface area contributed by atoms with Crippen molar-refractivity contribution in [2.45, 2.75) is 26.4 Å². The van der Waals surface area contributed by atoms with Crippen LogP contribution in [0.1, 0.15) is 19.4 Å². The first kappa shape index (κ1) is 20.1. The summed E-state index contributed by atoms with van der Waals surface area (Å²) < 4.78 is 1.66. The van der Waals surface area contributed by atoms with Gasteiger partial charge in [-0.3, -0.25) is 4.79 Å². The standard InChI is InChI=1S/C21H24N6O2/c1-15(2)19(26-21(29)25-17-7-4-3-5-8-17)20(28)23-14-16-9-10-18(22-13-16)27-12-6-11-24-27/h3-13,15,19H,14H2,1-2H3,(H,23,28)(H2,25,26,29)/t19-/m1/s1. The number of nitrogens with one attached hydrogen (secondary N) is 3. The number of pyridine rings is 1. The van der Waals surface area contributed by atoms with E-state index in [1.165, 1.54) is 0 Å². The molecule has 3 amide bonds. The zero-order valence-electron chi connectivity index (χ0n) is 16.4. The summed E-state index contributed by atoms with van der Waals surface area (Å²) in [4.78, 5) is 29.2. The first-order valence-corrected chi connectivity index (χ1v) is 9.38. The van der Waals surface area contributed by atoms with Crippen molar-refractivity contribution in [3.8, 4) is 5.82 Å².